The molecule has 27 heavy (non-hydrogen) atoms. The minimum absolute atomic E-state index is 0.293. The predicted molar refractivity (Wildman–Crippen MR) is 112 cm³/mol. The molecule has 6 aliphatic rings. The zero-order chi connectivity index (χ0) is 18.4. The highest BCUT2D eigenvalue weighted by Crippen LogP contribution is 2.60. The SMILES string of the molecule is CCN=C(NC(=N)CCC1CC2CCC(C1)C2)C12CC3CC(CC(C3)C1)C2. The van der Waals surface area contributed by atoms with E-state index in [-0.39, 0.29) is 0 Å². The molecule has 0 aliphatic heterocycles. The van der Waals surface area contributed by atoms with Crippen LogP contribution in [0.4, 0.5) is 0 Å². The van der Waals surface area contributed by atoms with Crippen molar-refractivity contribution in [2.75, 3.05) is 6.54 Å². The van der Waals surface area contributed by atoms with E-state index < -0.39 is 0 Å². The van der Waals surface area contributed by atoms with Crippen molar-refractivity contribution in [2.45, 2.75) is 90.4 Å². The molecule has 3 nitrogen and oxygen atoms in total. The Kier molecular flexibility index (Phi) is 4.84. The van der Waals surface area contributed by atoms with Crippen LogP contribution >= 0.6 is 0 Å². The van der Waals surface area contributed by atoms with E-state index in [0.717, 1.165) is 54.3 Å². The van der Waals surface area contributed by atoms with Gasteiger partial charge in [0.25, 0.3) is 0 Å². The fourth-order valence-electron chi connectivity index (χ4n) is 8.33. The van der Waals surface area contributed by atoms with Crippen molar-refractivity contribution in [1.82, 2.24) is 5.32 Å². The molecule has 2 N–H and O–H groups in total. The van der Waals surface area contributed by atoms with Gasteiger partial charge in [0.05, 0.1) is 5.84 Å². The average molecular weight is 370 g/mol. The van der Waals surface area contributed by atoms with Crippen molar-refractivity contribution in [2.24, 2.45) is 45.9 Å². The minimum atomic E-state index is 0.293. The summed E-state index contributed by atoms with van der Waals surface area (Å²) in [6.45, 7) is 3.01. The van der Waals surface area contributed by atoms with Crippen LogP contribution in [0.1, 0.15) is 90.4 Å². The molecule has 0 saturated heterocycles. The summed E-state index contributed by atoms with van der Waals surface area (Å²) in [6, 6.07) is 0. The zero-order valence-corrected chi connectivity index (χ0v) is 17.3. The highest BCUT2D eigenvalue weighted by Gasteiger charge is 2.53. The van der Waals surface area contributed by atoms with Gasteiger partial charge in [-0.15, -0.1) is 0 Å². The summed E-state index contributed by atoms with van der Waals surface area (Å²) in [5.41, 5.74) is 0.293. The zero-order valence-electron chi connectivity index (χ0n) is 17.3. The van der Waals surface area contributed by atoms with Crippen LogP contribution in [0.3, 0.4) is 0 Å². The fourth-order valence-corrected chi connectivity index (χ4v) is 8.33. The molecule has 6 saturated carbocycles. The molecule has 0 aromatic heterocycles. The number of rotatable bonds is 5. The van der Waals surface area contributed by atoms with Crippen molar-refractivity contribution in [3.8, 4) is 0 Å². The van der Waals surface area contributed by atoms with E-state index in [0.29, 0.717) is 5.41 Å². The van der Waals surface area contributed by atoms with Crippen LogP contribution in [0.15, 0.2) is 4.99 Å². The molecule has 0 spiro atoms. The summed E-state index contributed by atoms with van der Waals surface area (Å²) in [6.07, 6.45) is 17.9. The molecule has 6 aliphatic carbocycles. The molecule has 2 unspecified atom stereocenters. The number of hydrogen-bond donors (Lipinski definition) is 2. The quantitative estimate of drug-likeness (QED) is 0.467. The molecule has 0 amide bonds. The maximum Gasteiger partial charge on any atom is 0.108 e. The molecule has 0 heterocycles. The Balaban J connectivity index is 1.20. The summed E-state index contributed by atoms with van der Waals surface area (Å²) >= 11 is 0. The van der Waals surface area contributed by atoms with Crippen LogP contribution in [0.25, 0.3) is 0 Å². The second-order valence-corrected chi connectivity index (χ2v) is 11.0. The monoisotopic (exact) mass is 369 g/mol. The lowest BCUT2D eigenvalue weighted by atomic mass is 9.49. The average Bonchev–Trinajstić information content (AvgIpc) is 2.97. The second kappa shape index (κ2) is 7.19. The van der Waals surface area contributed by atoms with Gasteiger partial charge in [0, 0.05) is 18.4 Å². The van der Waals surface area contributed by atoms with Crippen molar-refractivity contribution in [3.05, 3.63) is 0 Å². The molecule has 3 heteroatoms. The van der Waals surface area contributed by atoms with Gasteiger partial charge < -0.3 is 5.32 Å². The topological polar surface area (TPSA) is 48.2 Å². The first-order chi connectivity index (χ1) is 13.1. The number of aliphatic imine (C=N–C) groups is 1. The van der Waals surface area contributed by atoms with E-state index in [1.807, 2.05) is 0 Å². The van der Waals surface area contributed by atoms with E-state index in [1.165, 1.54) is 82.9 Å². The molecular formula is C24H39N3. The Bertz CT molecular complexity index is 559. The van der Waals surface area contributed by atoms with Crippen LogP contribution in [0.5, 0.6) is 0 Å². The smallest absolute Gasteiger partial charge is 0.108 e. The summed E-state index contributed by atoms with van der Waals surface area (Å²) in [7, 11) is 0. The summed E-state index contributed by atoms with van der Waals surface area (Å²) in [4.78, 5) is 4.95. The number of amidine groups is 2. The molecule has 6 bridgehead atoms. The van der Waals surface area contributed by atoms with Gasteiger partial charge in [0.1, 0.15) is 5.84 Å². The highest BCUT2D eigenvalue weighted by atomic mass is 15.1. The first kappa shape index (κ1) is 18.2. The maximum absolute atomic E-state index is 8.65. The van der Waals surface area contributed by atoms with Gasteiger partial charge in [-0.05, 0) is 107 Å². The number of hydrogen-bond acceptors (Lipinski definition) is 2. The summed E-state index contributed by atoms with van der Waals surface area (Å²) in [5, 5.41) is 12.2. The largest absolute Gasteiger partial charge is 0.332 e. The van der Waals surface area contributed by atoms with E-state index >= 15 is 0 Å². The second-order valence-electron chi connectivity index (χ2n) is 11.0. The third kappa shape index (κ3) is 3.60. The predicted octanol–water partition coefficient (Wildman–Crippen LogP) is 5.79. The molecule has 0 aromatic carbocycles. The first-order valence-electron chi connectivity index (χ1n) is 12.0. The molecular weight excluding hydrogens is 330 g/mol. The van der Waals surface area contributed by atoms with Gasteiger partial charge in [0.15, 0.2) is 0 Å². The van der Waals surface area contributed by atoms with Crippen LogP contribution in [-0.2, 0) is 0 Å². The Morgan fingerprint density at radius 2 is 1.44 bits per heavy atom. The van der Waals surface area contributed by atoms with Crippen molar-refractivity contribution >= 4 is 11.7 Å². The lowest BCUT2D eigenvalue weighted by Crippen LogP contribution is -2.54. The fraction of sp³-hybridized carbons (Fsp3) is 0.917. The summed E-state index contributed by atoms with van der Waals surface area (Å²) in [5.74, 6) is 7.67. The van der Waals surface area contributed by atoms with Crippen LogP contribution in [0, 0.1) is 46.3 Å². The first-order valence-corrected chi connectivity index (χ1v) is 12.0. The van der Waals surface area contributed by atoms with Crippen molar-refractivity contribution < 1.29 is 0 Å². The molecule has 150 valence electrons. The summed E-state index contributed by atoms with van der Waals surface area (Å²) < 4.78 is 0. The van der Waals surface area contributed by atoms with E-state index in [4.69, 9.17) is 10.4 Å². The molecule has 6 fully saturated rings. The van der Waals surface area contributed by atoms with Gasteiger partial charge in [0.2, 0.25) is 0 Å². The van der Waals surface area contributed by atoms with Crippen molar-refractivity contribution in [1.29, 1.82) is 5.41 Å². The normalized spacial score (nSPS) is 45.3. The van der Waals surface area contributed by atoms with Gasteiger partial charge >= 0.3 is 0 Å². The number of fused-ring (bicyclic) bond motifs is 2. The lowest BCUT2D eigenvalue weighted by Gasteiger charge is -2.57. The number of nitrogens with one attached hydrogen (secondary N) is 2. The highest BCUT2D eigenvalue weighted by molar-refractivity contribution is 6.02. The minimum Gasteiger partial charge on any atom is -0.332 e. The van der Waals surface area contributed by atoms with Gasteiger partial charge in [-0.25, -0.2) is 0 Å². The van der Waals surface area contributed by atoms with Gasteiger partial charge in [-0.3, -0.25) is 10.4 Å². The Hall–Kier alpha value is -0.860. The van der Waals surface area contributed by atoms with Crippen molar-refractivity contribution in [3.63, 3.8) is 0 Å². The lowest BCUT2D eigenvalue weighted by molar-refractivity contribution is -0.0137. The maximum atomic E-state index is 8.65. The van der Waals surface area contributed by atoms with Gasteiger partial charge in [-0.2, -0.15) is 0 Å². The standard InChI is InChI=1S/C24H39N3/c1-2-26-23(24-13-19-10-20(14-24)12-21(11-19)15-24)27-22(25)6-5-18-8-16-3-4-17(7-16)9-18/h16-21H,2-15H2,1H3,(H2,25,26,27). The molecule has 0 radical (unpaired) electrons. The van der Waals surface area contributed by atoms with Crippen LogP contribution < -0.4 is 5.32 Å². The Morgan fingerprint density at radius 3 is 2.00 bits per heavy atom. The third-order valence-corrected chi connectivity index (χ3v) is 8.91. The van der Waals surface area contributed by atoms with E-state index in [2.05, 4.69) is 12.2 Å². The van der Waals surface area contributed by atoms with Crippen LogP contribution in [0.2, 0.25) is 0 Å². The molecule has 0 aromatic rings. The molecule has 6 rings (SSSR count). The van der Waals surface area contributed by atoms with Crippen LogP contribution in [-0.4, -0.2) is 18.2 Å². The molecule has 2 atom stereocenters. The Labute approximate surface area is 165 Å². The van der Waals surface area contributed by atoms with Gasteiger partial charge in [-0.1, -0.05) is 12.8 Å². The number of nitrogens with zero attached hydrogens (tertiary/aromatic N) is 1. The van der Waals surface area contributed by atoms with E-state index in [1.54, 1.807) is 0 Å². The van der Waals surface area contributed by atoms with E-state index in [9.17, 15) is 0 Å². The third-order valence-electron chi connectivity index (χ3n) is 8.91. The Morgan fingerprint density at radius 1 is 0.889 bits per heavy atom.